The quantitative estimate of drug-likeness (QED) is 0.153. The summed E-state index contributed by atoms with van der Waals surface area (Å²) < 4.78 is 11.4. The van der Waals surface area contributed by atoms with E-state index >= 15 is 0 Å². The number of rotatable bonds is 9. The molecule has 4 rings (SSSR count). The Hall–Kier alpha value is -4.22. The highest BCUT2D eigenvalue weighted by Gasteiger charge is 2.16. The van der Waals surface area contributed by atoms with Gasteiger partial charge in [0.1, 0.15) is 12.3 Å². The van der Waals surface area contributed by atoms with Crippen molar-refractivity contribution < 1.29 is 14.3 Å². The normalized spacial score (nSPS) is 11.4. The molecule has 0 aliphatic rings. The first-order chi connectivity index (χ1) is 17.2. The molecule has 4 aromatic rings. The average Bonchev–Trinajstić information content (AvgIpc) is 2.91. The number of benzene rings is 4. The molecule has 0 bridgehead atoms. The van der Waals surface area contributed by atoms with Gasteiger partial charge in [0.15, 0.2) is 11.5 Å². The lowest BCUT2D eigenvalue weighted by Crippen LogP contribution is -2.15. The third-order valence-electron chi connectivity index (χ3n) is 5.19. The van der Waals surface area contributed by atoms with Crippen LogP contribution < -0.4 is 9.47 Å². The molecule has 0 unspecified atom stereocenters. The number of hydrogen-bond acceptors (Lipinski definition) is 5. The van der Waals surface area contributed by atoms with Crippen molar-refractivity contribution in [3.8, 4) is 11.5 Å². The Kier molecular flexibility index (Phi) is 8.04. The number of carbonyl (C=O) groups excluding carboxylic acids is 1. The summed E-state index contributed by atoms with van der Waals surface area (Å²) in [6, 6.07) is 31.3. The van der Waals surface area contributed by atoms with E-state index in [1.807, 2.05) is 78.9 Å². The van der Waals surface area contributed by atoms with Crippen molar-refractivity contribution in [2.75, 3.05) is 7.11 Å². The van der Waals surface area contributed by atoms with Crippen LogP contribution in [0.2, 0.25) is 5.02 Å². The molecule has 6 heteroatoms. The zero-order valence-electron chi connectivity index (χ0n) is 19.1. The van der Waals surface area contributed by atoms with Gasteiger partial charge in [-0.15, -0.1) is 5.10 Å². The fourth-order valence-electron chi connectivity index (χ4n) is 3.36. The topological polar surface area (TPSA) is 60.2 Å². The van der Waals surface area contributed by atoms with Gasteiger partial charge in [0.25, 0.3) is 0 Å². The molecule has 0 spiro atoms. The molecule has 0 fully saturated rings. The van der Waals surface area contributed by atoms with E-state index in [0.29, 0.717) is 34.3 Å². The zero-order chi connectivity index (χ0) is 24.5. The van der Waals surface area contributed by atoms with Crippen LogP contribution >= 0.6 is 11.6 Å². The Morgan fingerprint density at radius 1 is 0.829 bits per heavy atom. The van der Waals surface area contributed by atoms with Crippen molar-refractivity contribution >= 4 is 29.3 Å². The van der Waals surface area contributed by atoms with E-state index in [1.54, 1.807) is 37.6 Å². The van der Waals surface area contributed by atoms with Crippen molar-refractivity contribution in [2.24, 2.45) is 10.2 Å². The summed E-state index contributed by atoms with van der Waals surface area (Å²) in [5.41, 5.74) is 3.13. The van der Waals surface area contributed by atoms with E-state index in [9.17, 15) is 4.79 Å². The van der Waals surface area contributed by atoms with E-state index in [0.717, 1.165) is 11.1 Å². The largest absolute Gasteiger partial charge is 0.493 e. The summed E-state index contributed by atoms with van der Waals surface area (Å²) in [4.78, 5) is 13.1. The molecule has 4 aromatic carbocycles. The van der Waals surface area contributed by atoms with Crippen molar-refractivity contribution in [3.63, 3.8) is 0 Å². The summed E-state index contributed by atoms with van der Waals surface area (Å²) in [6.45, 7) is 0.315. The fourth-order valence-corrected chi connectivity index (χ4v) is 3.55. The summed E-state index contributed by atoms with van der Waals surface area (Å²) >= 11 is 6.21. The average molecular weight is 483 g/mol. The Labute approximate surface area is 209 Å². The SMILES string of the molecule is COc1cc(/C=N\N=C(/C(=O)c2ccccc2)c2ccccc2)ccc1OCc1ccccc1Cl. The number of methoxy groups -OCH3 is 1. The number of hydrogen-bond donors (Lipinski definition) is 0. The molecule has 0 aliphatic heterocycles. The van der Waals surface area contributed by atoms with Gasteiger partial charge < -0.3 is 9.47 Å². The minimum absolute atomic E-state index is 0.199. The van der Waals surface area contributed by atoms with Crippen LogP contribution in [0.4, 0.5) is 0 Å². The Morgan fingerprint density at radius 3 is 2.17 bits per heavy atom. The van der Waals surface area contributed by atoms with E-state index in [2.05, 4.69) is 10.2 Å². The van der Waals surface area contributed by atoms with Crippen molar-refractivity contribution in [2.45, 2.75) is 6.61 Å². The van der Waals surface area contributed by atoms with Gasteiger partial charge in [-0.25, -0.2) is 0 Å². The second-order valence-corrected chi connectivity index (χ2v) is 7.95. The summed E-state index contributed by atoms with van der Waals surface area (Å²) in [5.74, 6) is 0.931. The van der Waals surface area contributed by atoms with Crippen LogP contribution in [-0.4, -0.2) is 24.8 Å². The third kappa shape index (κ3) is 6.22. The molecule has 35 heavy (non-hydrogen) atoms. The van der Waals surface area contributed by atoms with Crippen molar-refractivity contribution in [1.82, 2.24) is 0 Å². The molecule has 0 amide bonds. The van der Waals surface area contributed by atoms with E-state index in [-0.39, 0.29) is 11.5 Å². The molecular weight excluding hydrogens is 460 g/mol. The van der Waals surface area contributed by atoms with Crippen LogP contribution in [-0.2, 0) is 6.61 Å². The predicted octanol–water partition coefficient (Wildman–Crippen LogP) is 6.63. The molecule has 174 valence electrons. The van der Waals surface area contributed by atoms with Crippen LogP contribution in [0.1, 0.15) is 27.0 Å². The molecule has 0 atom stereocenters. The van der Waals surface area contributed by atoms with Gasteiger partial charge in [-0.3, -0.25) is 4.79 Å². The molecule has 0 aromatic heterocycles. The monoisotopic (exact) mass is 482 g/mol. The van der Waals surface area contributed by atoms with E-state index in [1.165, 1.54) is 0 Å². The maximum absolute atomic E-state index is 13.1. The predicted molar refractivity (Wildman–Crippen MR) is 140 cm³/mol. The van der Waals surface area contributed by atoms with Gasteiger partial charge in [0, 0.05) is 21.7 Å². The first kappa shape index (κ1) is 23.9. The van der Waals surface area contributed by atoms with Gasteiger partial charge in [-0.2, -0.15) is 5.10 Å². The number of halogens is 1. The summed E-state index contributed by atoms with van der Waals surface area (Å²) in [5, 5.41) is 9.13. The highest BCUT2D eigenvalue weighted by atomic mass is 35.5. The Bertz CT molecular complexity index is 1350. The summed E-state index contributed by atoms with van der Waals surface area (Å²) in [7, 11) is 1.57. The molecule has 0 N–H and O–H groups in total. The van der Waals surface area contributed by atoms with Crippen LogP contribution in [0.15, 0.2) is 113 Å². The third-order valence-corrected chi connectivity index (χ3v) is 5.56. The Morgan fingerprint density at radius 2 is 1.49 bits per heavy atom. The number of ketones is 1. The molecule has 0 radical (unpaired) electrons. The second-order valence-electron chi connectivity index (χ2n) is 7.54. The lowest BCUT2D eigenvalue weighted by molar-refractivity contribution is 0.106. The summed E-state index contributed by atoms with van der Waals surface area (Å²) in [6.07, 6.45) is 1.57. The first-order valence-corrected chi connectivity index (χ1v) is 11.3. The number of carbonyl (C=O) groups is 1. The van der Waals surface area contributed by atoms with Crippen LogP contribution in [0.5, 0.6) is 11.5 Å². The van der Waals surface area contributed by atoms with Crippen molar-refractivity contribution in [3.05, 3.63) is 130 Å². The Balaban J connectivity index is 1.55. The number of Topliss-reactive ketones (excluding diaryl/α,β-unsaturated/α-hetero) is 1. The molecule has 0 heterocycles. The zero-order valence-corrected chi connectivity index (χ0v) is 19.9. The van der Waals surface area contributed by atoms with Gasteiger partial charge >= 0.3 is 0 Å². The van der Waals surface area contributed by atoms with E-state index in [4.69, 9.17) is 21.1 Å². The van der Waals surface area contributed by atoms with Crippen LogP contribution in [0.25, 0.3) is 0 Å². The molecule has 0 saturated carbocycles. The first-order valence-electron chi connectivity index (χ1n) is 11.0. The number of ether oxygens (including phenoxy) is 2. The standard InChI is InChI=1S/C29H23ClN2O3/c1-34-27-18-21(16-17-26(27)35-20-24-14-8-9-15-25(24)30)19-31-32-28(22-10-4-2-5-11-22)29(33)23-12-6-3-7-13-23/h2-19H,20H2,1H3/b31-19-,32-28-. The fraction of sp³-hybridized carbons (Fsp3) is 0.0690. The van der Waals surface area contributed by atoms with Gasteiger partial charge in [0.05, 0.1) is 13.3 Å². The molecular formula is C29H23ClN2O3. The van der Waals surface area contributed by atoms with Crippen LogP contribution in [0.3, 0.4) is 0 Å². The lowest BCUT2D eigenvalue weighted by atomic mass is 10.0. The van der Waals surface area contributed by atoms with Gasteiger partial charge in [-0.1, -0.05) is 90.5 Å². The minimum atomic E-state index is -0.199. The number of nitrogens with zero attached hydrogens (tertiary/aromatic N) is 2. The second kappa shape index (κ2) is 11.8. The maximum atomic E-state index is 13.1. The lowest BCUT2D eigenvalue weighted by Gasteiger charge is -2.12. The minimum Gasteiger partial charge on any atom is -0.493 e. The van der Waals surface area contributed by atoms with E-state index < -0.39 is 0 Å². The smallest absolute Gasteiger partial charge is 0.213 e. The van der Waals surface area contributed by atoms with Crippen LogP contribution in [0, 0.1) is 0 Å². The molecule has 0 saturated heterocycles. The van der Waals surface area contributed by atoms with Gasteiger partial charge in [-0.05, 0) is 29.8 Å². The maximum Gasteiger partial charge on any atom is 0.213 e. The van der Waals surface area contributed by atoms with Gasteiger partial charge in [0.2, 0.25) is 5.78 Å². The highest BCUT2D eigenvalue weighted by molar-refractivity contribution is 6.51. The molecule has 0 aliphatic carbocycles. The van der Waals surface area contributed by atoms with Crippen molar-refractivity contribution in [1.29, 1.82) is 0 Å². The molecule has 5 nitrogen and oxygen atoms in total. The highest BCUT2D eigenvalue weighted by Crippen LogP contribution is 2.29.